The van der Waals surface area contributed by atoms with Gasteiger partial charge in [-0.3, -0.25) is 0 Å². The predicted octanol–water partition coefficient (Wildman–Crippen LogP) is 2.29. The van der Waals surface area contributed by atoms with Crippen LogP contribution in [0, 0.1) is 3.70 Å². The number of halogens is 3. The lowest BCUT2D eigenvalue weighted by Gasteiger charge is -2.01. The molecule has 60 valence electrons. The summed E-state index contributed by atoms with van der Waals surface area (Å²) >= 11 is 1.98. The van der Waals surface area contributed by atoms with Gasteiger partial charge in [-0.05, 0) is 34.7 Å². The molecule has 0 aliphatic rings. The van der Waals surface area contributed by atoms with E-state index in [0.29, 0.717) is 0 Å². The van der Waals surface area contributed by atoms with Crippen molar-refractivity contribution in [1.82, 2.24) is 4.98 Å². The number of nitrogens with zero attached hydrogens (tertiary/aromatic N) is 1. The fourth-order valence-corrected chi connectivity index (χ4v) is 0.854. The molecule has 11 heavy (non-hydrogen) atoms. The van der Waals surface area contributed by atoms with E-state index < -0.39 is 6.61 Å². The maximum absolute atomic E-state index is 11.6. The second-order valence-electron chi connectivity index (χ2n) is 1.70. The Morgan fingerprint density at radius 3 is 2.64 bits per heavy atom. The van der Waals surface area contributed by atoms with Crippen LogP contribution < -0.4 is 4.74 Å². The van der Waals surface area contributed by atoms with E-state index in [0.717, 1.165) is 3.70 Å². The van der Waals surface area contributed by atoms with Crippen molar-refractivity contribution < 1.29 is 13.5 Å². The maximum Gasteiger partial charge on any atom is 0.387 e. The highest BCUT2D eigenvalue weighted by Gasteiger charge is 2.02. The Morgan fingerprint density at radius 2 is 2.18 bits per heavy atom. The normalized spacial score (nSPS) is 10.2. The zero-order valence-corrected chi connectivity index (χ0v) is 7.46. The lowest BCUT2D eigenvalue weighted by Crippen LogP contribution is -2.01. The number of rotatable bonds is 2. The van der Waals surface area contributed by atoms with E-state index >= 15 is 0 Å². The van der Waals surface area contributed by atoms with Gasteiger partial charge in [0.1, 0.15) is 9.45 Å². The molecule has 0 aliphatic heterocycles. The average molecular weight is 271 g/mol. The third-order valence-electron chi connectivity index (χ3n) is 0.925. The Morgan fingerprint density at radius 1 is 1.45 bits per heavy atom. The molecule has 0 saturated heterocycles. The minimum Gasteiger partial charge on any atom is -0.433 e. The van der Waals surface area contributed by atoms with E-state index in [1.54, 1.807) is 6.07 Å². The van der Waals surface area contributed by atoms with Crippen LogP contribution in [0.25, 0.3) is 0 Å². The quantitative estimate of drug-likeness (QED) is 0.608. The second kappa shape index (κ2) is 3.80. The van der Waals surface area contributed by atoms with Gasteiger partial charge in [-0.1, -0.05) is 0 Å². The van der Waals surface area contributed by atoms with E-state index in [1.807, 2.05) is 22.6 Å². The summed E-state index contributed by atoms with van der Waals surface area (Å²) in [5, 5.41) is 0. The van der Waals surface area contributed by atoms with Crippen LogP contribution in [0.4, 0.5) is 8.78 Å². The van der Waals surface area contributed by atoms with Gasteiger partial charge in [-0.2, -0.15) is 8.78 Å². The van der Waals surface area contributed by atoms with Crippen molar-refractivity contribution in [2.24, 2.45) is 0 Å². The number of aromatic nitrogens is 1. The molecule has 1 aromatic rings. The Labute approximate surface area is 75.7 Å². The fraction of sp³-hybridized carbons (Fsp3) is 0.167. The Bertz CT molecular complexity index is 227. The molecule has 0 aromatic carbocycles. The Balaban J connectivity index is 2.66. The first-order chi connectivity index (χ1) is 5.18. The Hall–Kier alpha value is -0.460. The highest BCUT2D eigenvalue weighted by Crippen LogP contribution is 2.12. The van der Waals surface area contributed by atoms with Crippen LogP contribution in [-0.4, -0.2) is 11.6 Å². The van der Waals surface area contributed by atoms with Crippen molar-refractivity contribution in [3.05, 3.63) is 22.0 Å². The van der Waals surface area contributed by atoms with E-state index in [4.69, 9.17) is 0 Å². The molecule has 1 heterocycles. The van der Waals surface area contributed by atoms with Crippen molar-refractivity contribution in [2.45, 2.75) is 6.61 Å². The van der Waals surface area contributed by atoms with Crippen molar-refractivity contribution in [3.63, 3.8) is 0 Å². The molecule has 0 bridgehead atoms. The van der Waals surface area contributed by atoms with Crippen molar-refractivity contribution in [2.75, 3.05) is 0 Å². The summed E-state index contributed by atoms with van der Waals surface area (Å²) in [4.78, 5) is 3.76. The highest BCUT2D eigenvalue weighted by atomic mass is 127. The largest absolute Gasteiger partial charge is 0.433 e. The van der Waals surface area contributed by atoms with Crippen LogP contribution in [-0.2, 0) is 0 Å². The van der Waals surface area contributed by atoms with Crippen LogP contribution in [0.1, 0.15) is 0 Å². The lowest BCUT2D eigenvalue weighted by molar-refractivity contribution is -0.0500. The van der Waals surface area contributed by atoms with Crippen molar-refractivity contribution in [1.29, 1.82) is 0 Å². The molecule has 0 aliphatic carbocycles. The molecule has 0 unspecified atom stereocenters. The van der Waals surface area contributed by atoms with Gasteiger partial charge in [-0.15, -0.1) is 0 Å². The molecule has 1 aromatic heterocycles. The van der Waals surface area contributed by atoms with Crippen LogP contribution in [0.2, 0.25) is 0 Å². The zero-order valence-electron chi connectivity index (χ0n) is 5.30. The molecule has 0 spiro atoms. The van der Waals surface area contributed by atoms with Crippen molar-refractivity contribution >= 4 is 22.6 Å². The number of hydrogen-bond acceptors (Lipinski definition) is 2. The summed E-state index contributed by atoms with van der Waals surface area (Å²) in [5.41, 5.74) is 0. The van der Waals surface area contributed by atoms with Gasteiger partial charge in [0, 0.05) is 0 Å². The number of alkyl halides is 2. The summed E-state index contributed by atoms with van der Waals surface area (Å²) in [5.74, 6) is 0.0837. The van der Waals surface area contributed by atoms with Gasteiger partial charge in [0.2, 0.25) is 0 Å². The molecule has 0 saturated carbocycles. The van der Waals surface area contributed by atoms with Crippen LogP contribution in [0.15, 0.2) is 18.3 Å². The molecular formula is C6H4F2INO. The minimum atomic E-state index is -2.78. The molecule has 0 amide bonds. The van der Waals surface area contributed by atoms with Crippen LogP contribution in [0.3, 0.4) is 0 Å². The third kappa shape index (κ3) is 2.96. The molecular weight excluding hydrogens is 267 g/mol. The first-order valence-corrected chi connectivity index (χ1v) is 3.83. The van der Waals surface area contributed by atoms with Gasteiger partial charge >= 0.3 is 6.61 Å². The highest BCUT2D eigenvalue weighted by molar-refractivity contribution is 14.1. The fourth-order valence-electron chi connectivity index (χ4n) is 0.535. The molecule has 1 rings (SSSR count). The molecule has 0 N–H and O–H groups in total. The van der Waals surface area contributed by atoms with E-state index in [9.17, 15) is 8.78 Å². The summed E-state index contributed by atoms with van der Waals surface area (Å²) in [7, 11) is 0. The monoisotopic (exact) mass is 271 g/mol. The molecule has 0 fully saturated rings. The Kier molecular flexibility index (Phi) is 2.98. The number of hydrogen-bond donors (Lipinski definition) is 0. The summed E-state index contributed by atoms with van der Waals surface area (Å²) < 4.78 is 27.9. The van der Waals surface area contributed by atoms with E-state index in [-0.39, 0.29) is 5.75 Å². The predicted molar refractivity (Wildman–Crippen MR) is 43.6 cm³/mol. The summed E-state index contributed by atoms with van der Waals surface area (Å²) in [6.45, 7) is -2.78. The van der Waals surface area contributed by atoms with E-state index in [1.165, 1.54) is 12.3 Å². The van der Waals surface area contributed by atoms with Gasteiger partial charge in [0.15, 0.2) is 0 Å². The summed E-state index contributed by atoms with van der Waals surface area (Å²) in [6.07, 6.45) is 1.26. The molecule has 0 atom stereocenters. The topological polar surface area (TPSA) is 22.1 Å². The molecule has 5 heteroatoms. The molecule has 0 radical (unpaired) electrons. The minimum absolute atomic E-state index is 0.0837. The number of pyridine rings is 1. The van der Waals surface area contributed by atoms with Crippen molar-refractivity contribution in [3.8, 4) is 5.75 Å². The zero-order chi connectivity index (χ0) is 8.27. The lowest BCUT2D eigenvalue weighted by atomic mass is 10.5. The summed E-state index contributed by atoms with van der Waals surface area (Å²) in [6, 6.07) is 3.04. The van der Waals surface area contributed by atoms with Gasteiger partial charge < -0.3 is 4.74 Å². The van der Waals surface area contributed by atoms with Crippen LogP contribution in [0.5, 0.6) is 5.75 Å². The third-order valence-corrected chi connectivity index (χ3v) is 1.56. The maximum atomic E-state index is 11.6. The standard InChI is InChI=1S/C6H4F2INO/c7-6(8)11-4-1-2-5(9)10-3-4/h1-3,6H. The first-order valence-electron chi connectivity index (χ1n) is 2.75. The van der Waals surface area contributed by atoms with Gasteiger partial charge in [-0.25, -0.2) is 4.98 Å². The average Bonchev–Trinajstić information content (AvgIpc) is 1.93. The first kappa shape index (κ1) is 8.63. The van der Waals surface area contributed by atoms with Gasteiger partial charge in [0.25, 0.3) is 0 Å². The van der Waals surface area contributed by atoms with Crippen LogP contribution >= 0.6 is 22.6 Å². The van der Waals surface area contributed by atoms with E-state index in [2.05, 4.69) is 9.72 Å². The number of ether oxygens (including phenoxy) is 1. The van der Waals surface area contributed by atoms with Gasteiger partial charge in [0.05, 0.1) is 6.20 Å². The molecule has 2 nitrogen and oxygen atoms in total. The SMILES string of the molecule is FC(F)Oc1ccc(I)nc1. The smallest absolute Gasteiger partial charge is 0.387 e. The second-order valence-corrected chi connectivity index (χ2v) is 2.80.